The first kappa shape index (κ1) is 30.3. The summed E-state index contributed by atoms with van der Waals surface area (Å²) in [7, 11) is 1.34. The van der Waals surface area contributed by atoms with Crippen LogP contribution < -0.4 is 15.4 Å². The van der Waals surface area contributed by atoms with Gasteiger partial charge in [0.2, 0.25) is 5.91 Å². The normalized spacial score (nSPS) is 12.1. The summed E-state index contributed by atoms with van der Waals surface area (Å²) in [4.78, 5) is 38.3. The Morgan fingerprint density at radius 2 is 1.57 bits per heavy atom. The van der Waals surface area contributed by atoms with E-state index in [1.807, 2.05) is 67.6 Å². The molecule has 0 spiro atoms. The fraction of sp³-hybridized carbons (Fsp3) is 0.206. The van der Waals surface area contributed by atoms with Gasteiger partial charge < -0.3 is 20.1 Å². The zero-order valence-corrected chi connectivity index (χ0v) is 24.3. The Hall–Kier alpha value is -4.62. The zero-order chi connectivity index (χ0) is 29.9. The smallest absolute Gasteiger partial charge is 0.328 e. The second-order valence-corrected chi connectivity index (χ2v) is 10.2. The maximum atomic E-state index is 13.1. The molecule has 8 heteroatoms. The molecule has 0 saturated carbocycles. The van der Waals surface area contributed by atoms with Crippen LogP contribution in [0.5, 0.6) is 5.75 Å². The van der Waals surface area contributed by atoms with Gasteiger partial charge in [0.1, 0.15) is 18.4 Å². The van der Waals surface area contributed by atoms with Crippen molar-refractivity contribution in [3.05, 3.63) is 130 Å². The maximum absolute atomic E-state index is 13.1. The highest BCUT2D eigenvalue weighted by Crippen LogP contribution is 2.23. The molecule has 0 aliphatic heterocycles. The molecule has 1 amide bonds. The topological polar surface area (TPSA) is 93.7 Å². The number of rotatable bonds is 13. The molecule has 0 fully saturated rings. The third-order valence-corrected chi connectivity index (χ3v) is 7.03. The van der Waals surface area contributed by atoms with Gasteiger partial charge in [-0.3, -0.25) is 9.59 Å². The van der Waals surface area contributed by atoms with Gasteiger partial charge in [-0.2, -0.15) is 0 Å². The van der Waals surface area contributed by atoms with Crippen LogP contribution in [-0.2, 0) is 20.7 Å². The molecule has 0 saturated heterocycles. The van der Waals surface area contributed by atoms with E-state index in [9.17, 15) is 14.4 Å². The van der Waals surface area contributed by atoms with Crippen LogP contribution in [-0.4, -0.2) is 44.0 Å². The summed E-state index contributed by atoms with van der Waals surface area (Å²) in [6, 6.07) is 30.0. The Kier molecular flexibility index (Phi) is 10.7. The minimum absolute atomic E-state index is 0.107. The summed E-state index contributed by atoms with van der Waals surface area (Å²) in [6.45, 7) is 2.48. The van der Waals surface area contributed by atoms with Crippen molar-refractivity contribution in [2.24, 2.45) is 0 Å². The van der Waals surface area contributed by atoms with Crippen molar-refractivity contribution in [1.29, 1.82) is 0 Å². The fourth-order valence-electron chi connectivity index (χ4n) is 4.46. The van der Waals surface area contributed by atoms with Crippen molar-refractivity contribution in [2.45, 2.75) is 25.3 Å². The van der Waals surface area contributed by atoms with Crippen LogP contribution in [0.15, 0.2) is 103 Å². The van der Waals surface area contributed by atoms with E-state index >= 15 is 0 Å². The van der Waals surface area contributed by atoms with Gasteiger partial charge in [0, 0.05) is 28.3 Å². The van der Waals surface area contributed by atoms with Gasteiger partial charge in [0.05, 0.1) is 19.6 Å². The molecule has 2 atom stereocenters. The first-order valence-electron chi connectivity index (χ1n) is 13.6. The van der Waals surface area contributed by atoms with E-state index in [4.69, 9.17) is 21.1 Å². The lowest BCUT2D eigenvalue weighted by Gasteiger charge is -2.20. The molecule has 0 heterocycles. The van der Waals surface area contributed by atoms with Crippen LogP contribution in [0.25, 0.3) is 0 Å². The standard InChI is InChI=1S/C34H33ClN2O5/c1-23(26-11-8-12-27(35)22-26)33(39)36-19-20-42-28-17-15-24(16-18-28)21-31(34(40)41-2)37-30-14-7-6-13-29(30)32(38)25-9-4-3-5-10-25/h3-18,22-23,31,37H,19-21H2,1-2H3,(H,36,39). The molecule has 0 aromatic heterocycles. The number of benzene rings is 4. The largest absolute Gasteiger partial charge is 0.492 e. The first-order valence-corrected chi connectivity index (χ1v) is 14.0. The van der Waals surface area contributed by atoms with Gasteiger partial charge in [0.15, 0.2) is 5.78 Å². The van der Waals surface area contributed by atoms with Crippen LogP contribution >= 0.6 is 11.6 Å². The summed E-state index contributed by atoms with van der Waals surface area (Å²) < 4.78 is 10.8. The number of carbonyl (C=O) groups is 3. The molecule has 7 nitrogen and oxygen atoms in total. The molecular formula is C34H33ClN2O5. The monoisotopic (exact) mass is 584 g/mol. The number of carbonyl (C=O) groups excluding carboxylic acids is 3. The predicted molar refractivity (Wildman–Crippen MR) is 164 cm³/mol. The zero-order valence-electron chi connectivity index (χ0n) is 23.5. The number of hydrogen-bond acceptors (Lipinski definition) is 6. The molecule has 2 unspecified atom stereocenters. The molecule has 0 aliphatic rings. The Bertz CT molecular complexity index is 1510. The number of ketones is 1. The number of methoxy groups -OCH3 is 1. The number of hydrogen-bond donors (Lipinski definition) is 2. The van der Waals surface area contributed by atoms with Crippen LogP contribution in [0.2, 0.25) is 5.02 Å². The molecule has 2 N–H and O–H groups in total. The Morgan fingerprint density at radius 1 is 0.857 bits per heavy atom. The lowest BCUT2D eigenvalue weighted by Crippen LogP contribution is -2.33. The number of anilines is 1. The molecule has 0 radical (unpaired) electrons. The molecule has 4 aromatic rings. The predicted octanol–water partition coefficient (Wildman–Crippen LogP) is 6.07. The Balaban J connectivity index is 1.33. The summed E-state index contributed by atoms with van der Waals surface area (Å²) in [5.74, 6) is -0.386. The number of esters is 1. The first-order chi connectivity index (χ1) is 20.4. The van der Waals surface area contributed by atoms with E-state index in [-0.39, 0.29) is 17.6 Å². The quantitative estimate of drug-likeness (QED) is 0.113. The summed E-state index contributed by atoms with van der Waals surface area (Å²) >= 11 is 6.03. The summed E-state index contributed by atoms with van der Waals surface area (Å²) in [5.41, 5.74) is 3.30. The van der Waals surface area contributed by atoms with Gasteiger partial charge >= 0.3 is 5.97 Å². The highest BCUT2D eigenvalue weighted by atomic mass is 35.5. The molecule has 216 valence electrons. The minimum atomic E-state index is -0.719. The highest BCUT2D eigenvalue weighted by Gasteiger charge is 2.23. The average Bonchev–Trinajstić information content (AvgIpc) is 3.03. The van der Waals surface area contributed by atoms with Crippen molar-refractivity contribution in [3.63, 3.8) is 0 Å². The van der Waals surface area contributed by atoms with Crippen LogP contribution in [0.1, 0.15) is 39.9 Å². The molecule has 0 bridgehead atoms. The van der Waals surface area contributed by atoms with E-state index < -0.39 is 12.0 Å². The second kappa shape index (κ2) is 14.8. The maximum Gasteiger partial charge on any atom is 0.328 e. The third kappa shape index (κ3) is 8.21. The van der Waals surface area contributed by atoms with Crippen molar-refractivity contribution in [3.8, 4) is 5.75 Å². The van der Waals surface area contributed by atoms with Gasteiger partial charge in [-0.05, 0) is 54.4 Å². The highest BCUT2D eigenvalue weighted by molar-refractivity contribution is 6.30. The van der Waals surface area contributed by atoms with Crippen LogP contribution in [0.4, 0.5) is 5.69 Å². The summed E-state index contributed by atoms with van der Waals surface area (Å²) in [6.07, 6.45) is 0.332. The van der Waals surface area contributed by atoms with Crippen molar-refractivity contribution >= 4 is 34.9 Å². The fourth-order valence-corrected chi connectivity index (χ4v) is 4.65. The number of halogens is 1. The second-order valence-electron chi connectivity index (χ2n) is 9.73. The number of amides is 1. The van der Waals surface area contributed by atoms with Crippen LogP contribution in [0, 0.1) is 0 Å². The van der Waals surface area contributed by atoms with Crippen LogP contribution in [0.3, 0.4) is 0 Å². The third-order valence-electron chi connectivity index (χ3n) is 6.80. The van der Waals surface area contributed by atoms with E-state index in [0.29, 0.717) is 47.2 Å². The van der Waals surface area contributed by atoms with Crippen molar-refractivity contribution in [2.75, 3.05) is 25.6 Å². The van der Waals surface area contributed by atoms with Crippen molar-refractivity contribution < 1.29 is 23.9 Å². The number of nitrogens with one attached hydrogen (secondary N) is 2. The van der Waals surface area contributed by atoms with E-state index in [1.165, 1.54) is 7.11 Å². The van der Waals surface area contributed by atoms with E-state index in [2.05, 4.69) is 10.6 Å². The van der Waals surface area contributed by atoms with Gasteiger partial charge in [0.25, 0.3) is 0 Å². The molecule has 0 aliphatic carbocycles. The lowest BCUT2D eigenvalue weighted by atomic mass is 10.00. The Morgan fingerprint density at radius 3 is 2.29 bits per heavy atom. The molecule has 4 aromatic carbocycles. The SMILES string of the molecule is COC(=O)C(Cc1ccc(OCCNC(=O)C(C)c2cccc(Cl)c2)cc1)Nc1ccccc1C(=O)c1ccccc1. The van der Waals surface area contributed by atoms with E-state index in [0.717, 1.165) is 11.1 Å². The number of ether oxygens (including phenoxy) is 2. The summed E-state index contributed by atoms with van der Waals surface area (Å²) in [5, 5.41) is 6.69. The minimum Gasteiger partial charge on any atom is -0.492 e. The Labute approximate surface area is 250 Å². The van der Waals surface area contributed by atoms with Gasteiger partial charge in [-0.25, -0.2) is 4.79 Å². The average molecular weight is 585 g/mol. The molecule has 4 rings (SSSR count). The van der Waals surface area contributed by atoms with E-state index in [1.54, 1.807) is 42.5 Å². The lowest BCUT2D eigenvalue weighted by molar-refractivity contribution is -0.141. The molecule has 42 heavy (non-hydrogen) atoms. The molecular weight excluding hydrogens is 552 g/mol. The van der Waals surface area contributed by atoms with Gasteiger partial charge in [-0.1, -0.05) is 78.3 Å². The van der Waals surface area contributed by atoms with Gasteiger partial charge in [-0.15, -0.1) is 0 Å². The number of para-hydroxylation sites is 1. The van der Waals surface area contributed by atoms with Crippen molar-refractivity contribution in [1.82, 2.24) is 5.32 Å².